The van der Waals surface area contributed by atoms with E-state index in [1.54, 1.807) is 6.07 Å². The highest BCUT2D eigenvalue weighted by Crippen LogP contribution is 2.23. The van der Waals surface area contributed by atoms with Crippen molar-refractivity contribution in [1.82, 2.24) is 5.32 Å². The molecule has 5 heteroatoms. The molecule has 98 valence electrons. The molecule has 0 aliphatic carbocycles. The van der Waals surface area contributed by atoms with Gasteiger partial charge in [0.25, 0.3) is 5.91 Å². The molecule has 1 aromatic rings. The number of phenols is 1. The molecule has 1 saturated heterocycles. The molecule has 0 aromatic heterocycles. The second-order valence-electron chi connectivity index (χ2n) is 4.90. The van der Waals surface area contributed by atoms with E-state index in [0.717, 1.165) is 12.8 Å². The third-order valence-electron chi connectivity index (χ3n) is 3.30. The predicted octanol–water partition coefficient (Wildman–Crippen LogP) is 1.27. The summed E-state index contributed by atoms with van der Waals surface area (Å²) in [6.45, 7) is 3.32. The minimum absolute atomic E-state index is 0.0696. The van der Waals surface area contributed by atoms with Gasteiger partial charge in [0, 0.05) is 24.3 Å². The molecule has 0 unspecified atom stereocenters. The summed E-state index contributed by atoms with van der Waals surface area (Å²) in [5.74, 6) is -0.269. The van der Waals surface area contributed by atoms with E-state index in [2.05, 4.69) is 5.32 Å². The first kappa shape index (κ1) is 12.7. The fraction of sp³-hybridized carbons (Fsp3) is 0.462. The number of nitrogen functional groups attached to an aromatic ring is 1. The molecule has 1 amide bonds. The highest BCUT2D eigenvalue weighted by molar-refractivity contribution is 5.95. The van der Waals surface area contributed by atoms with Crippen LogP contribution in [0.3, 0.4) is 0 Å². The first-order valence-corrected chi connectivity index (χ1v) is 5.99. The van der Waals surface area contributed by atoms with Gasteiger partial charge >= 0.3 is 0 Å². The van der Waals surface area contributed by atoms with Crippen molar-refractivity contribution in [2.45, 2.75) is 25.3 Å². The molecule has 1 aromatic carbocycles. The minimum atomic E-state index is -0.244. The fourth-order valence-corrected chi connectivity index (χ4v) is 1.98. The summed E-state index contributed by atoms with van der Waals surface area (Å²) >= 11 is 0. The molecule has 2 rings (SSSR count). The van der Waals surface area contributed by atoms with Gasteiger partial charge in [-0.2, -0.15) is 0 Å². The first-order valence-electron chi connectivity index (χ1n) is 5.99. The van der Waals surface area contributed by atoms with Crippen molar-refractivity contribution in [3.8, 4) is 5.75 Å². The van der Waals surface area contributed by atoms with Crippen molar-refractivity contribution in [1.29, 1.82) is 0 Å². The Labute approximate surface area is 106 Å². The molecular weight excluding hydrogens is 232 g/mol. The summed E-state index contributed by atoms with van der Waals surface area (Å²) in [5, 5.41) is 12.5. The van der Waals surface area contributed by atoms with Gasteiger partial charge in [-0.25, -0.2) is 0 Å². The summed E-state index contributed by atoms with van der Waals surface area (Å²) in [7, 11) is 0. The average molecular weight is 250 g/mol. The van der Waals surface area contributed by atoms with Crippen LogP contribution < -0.4 is 11.1 Å². The Kier molecular flexibility index (Phi) is 3.43. The highest BCUT2D eigenvalue weighted by Gasteiger charge is 2.29. The van der Waals surface area contributed by atoms with Gasteiger partial charge in [0.2, 0.25) is 0 Å². The summed E-state index contributed by atoms with van der Waals surface area (Å²) in [6.07, 6.45) is 1.58. The van der Waals surface area contributed by atoms with Crippen molar-refractivity contribution in [3.63, 3.8) is 0 Å². The lowest BCUT2D eigenvalue weighted by molar-refractivity contribution is 0.0422. The quantitative estimate of drug-likeness (QED) is 0.545. The fourth-order valence-electron chi connectivity index (χ4n) is 1.98. The van der Waals surface area contributed by atoms with Crippen LogP contribution in [0.2, 0.25) is 0 Å². The number of rotatable bonds is 2. The number of benzene rings is 1. The number of carbonyl (C=O) groups excluding carboxylic acids is 1. The van der Waals surface area contributed by atoms with Crippen LogP contribution in [0, 0.1) is 0 Å². The van der Waals surface area contributed by atoms with Crippen molar-refractivity contribution < 1.29 is 14.6 Å². The van der Waals surface area contributed by atoms with Crippen molar-refractivity contribution in [3.05, 3.63) is 23.8 Å². The van der Waals surface area contributed by atoms with Crippen LogP contribution >= 0.6 is 0 Å². The number of ether oxygens (including phenoxy) is 1. The minimum Gasteiger partial charge on any atom is -0.506 e. The number of amides is 1. The van der Waals surface area contributed by atoms with Gasteiger partial charge in [-0.15, -0.1) is 0 Å². The van der Waals surface area contributed by atoms with Crippen LogP contribution in [0.4, 0.5) is 5.69 Å². The van der Waals surface area contributed by atoms with Gasteiger partial charge in [-0.3, -0.25) is 4.79 Å². The molecule has 0 bridgehead atoms. The number of nitrogens with two attached hydrogens (primary N) is 1. The van der Waals surface area contributed by atoms with Crippen LogP contribution in [-0.2, 0) is 4.74 Å². The van der Waals surface area contributed by atoms with Gasteiger partial charge in [0.05, 0.1) is 5.69 Å². The average Bonchev–Trinajstić information content (AvgIpc) is 2.33. The Hall–Kier alpha value is -1.75. The SMILES string of the molecule is CC1(NC(=O)c2ccc(N)c(O)c2)CCOCC1. The standard InChI is InChI=1S/C13H18N2O3/c1-13(4-6-18-7-5-13)15-12(17)9-2-3-10(14)11(16)8-9/h2-3,8,16H,4-7,14H2,1H3,(H,15,17). The second-order valence-corrected chi connectivity index (χ2v) is 4.90. The molecule has 0 spiro atoms. The van der Waals surface area contributed by atoms with E-state index in [1.165, 1.54) is 12.1 Å². The second kappa shape index (κ2) is 4.86. The number of phenolic OH excluding ortho intramolecular Hbond substituents is 1. The normalized spacial score (nSPS) is 18.3. The molecule has 1 aliphatic heterocycles. The van der Waals surface area contributed by atoms with Crippen molar-refractivity contribution >= 4 is 11.6 Å². The molecule has 0 saturated carbocycles. The maximum Gasteiger partial charge on any atom is 0.251 e. The molecule has 1 aliphatic rings. The topological polar surface area (TPSA) is 84.6 Å². The van der Waals surface area contributed by atoms with Crippen LogP contribution in [0.25, 0.3) is 0 Å². The number of carbonyl (C=O) groups is 1. The Morgan fingerprint density at radius 3 is 2.72 bits per heavy atom. The van der Waals surface area contributed by atoms with Crippen LogP contribution in [0.15, 0.2) is 18.2 Å². The summed E-state index contributed by atoms with van der Waals surface area (Å²) in [5.41, 5.74) is 5.94. The van der Waals surface area contributed by atoms with Crippen molar-refractivity contribution in [2.24, 2.45) is 0 Å². The maximum atomic E-state index is 12.1. The Morgan fingerprint density at radius 1 is 1.44 bits per heavy atom. The Balaban J connectivity index is 2.09. The van der Waals surface area contributed by atoms with E-state index >= 15 is 0 Å². The zero-order valence-electron chi connectivity index (χ0n) is 10.4. The zero-order chi connectivity index (χ0) is 13.2. The van der Waals surface area contributed by atoms with Crippen LogP contribution in [0.5, 0.6) is 5.75 Å². The number of aromatic hydroxyl groups is 1. The molecule has 0 radical (unpaired) electrons. The van der Waals surface area contributed by atoms with Gasteiger partial charge < -0.3 is 20.9 Å². The van der Waals surface area contributed by atoms with E-state index in [-0.39, 0.29) is 22.9 Å². The number of hydrogen-bond acceptors (Lipinski definition) is 4. The molecule has 0 atom stereocenters. The summed E-state index contributed by atoms with van der Waals surface area (Å²) in [4.78, 5) is 12.1. The first-order chi connectivity index (χ1) is 8.50. The maximum absolute atomic E-state index is 12.1. The van der Waals surface area contributed by atoms with E-state index in [1.807, 2.05) is 6.92 Å². The lowest BCUT2D eigenvalue weighted by Crippen LogP contribution is -2.49. The van der Waals surface area contributed by atoms with E-state index in [4.69, 9.17) is 10.5 Å². The lowest BCUT2D eigenvalue weighted by atomic mass is 9.92. The van der Waals surface area contributed by atoms with E-state index in [0.29, 0.717) is 18.8 Å². The third kappa shape index (κ3) is 2.73. The zero-order valence-corrected chi connectivity index (χ0v) is 10.4. The van der Waals surface area contributed by atoms with Gasteiger partial charge in [-0.1, -0.05) is 0 Å². The smallest absolute Gasteiger partial charge is 0.251 e. The monoisotopic (exact) mass is 250 g/mol. The van der Waals surface area contributed by atoms with Gasteiger partial charge in [0.1, 0.15) is 5.75 Å². The van der Waals surface area contributed by atoms with Gasteiger partial charge in [0.15, 0.2) is 0 Å². The molecule has 1 fully saturated rings. The Bertz CT molecular complexity index is 454. The number of nitrogens with one attached hydrogen (secondary N) is 1. The molecule has 5 nitrogen and oxygen atoms in total. The molecule has 18 heavy (non-hydrogen) atoms. The van der Waals surface area contributed by atoms with Crippen LogP contribution in [-0.4, -0.2) is 29.8 Å². The third-order valence-corrected chi connectivity index (χ3v) is 3.30. The summed E-state index contributed by atoms with van der Waals surface area (Å²) < 4.78 is 5.28. The van der Waals surface area contributed by atoms with Crippen molar-refractivity contribution in [2.75, 3.05) is 18.9 Å². The van der Waals surface area contributed by atoms with Crippen LogP contribution in [0.1, 0.15) is 30.1 Å². The number of anilines is 1. The van der Waals surface area contributed by atoms with E-state index in [9.17, 15) is 9.90 Å². The highest BCUT2D eigenvalue weighted by atomic mass is 16.5. The molecule has 4 N–H and O–H groups in total. The predicted molar refractivity (Wildman–Crippen MR) is 68.4 cm³/mol. The largest absolute Gasteiger partial charge is 0.506 e. The number of hydrogen-bond donors (Lipinski definition) is 3. The summed E-state index contributed by atoms with van der Waals surface area (Å²) in [6, 6.07) is 4.51. The molecular formula is C13H18N2O3. The lowest BCUT2D eigenvalue weighted by Gasteiger charge is -2.34. The molecule has 1 heterocycles. The van der Waals surface area contributed by atoms with Gasteiger partial charge in [-0.05, 0) is 38.0 Å². The Morgan fingerprint density at radius 2 is 2.11 bits per heavy atom. The van der Waals surface area contributed by atoms with E-state index < -0.39 is 0 Å².